The standard InChI is InChI=1S/C18H20N6O3/c1-22-17-13(10-20-22)18(26)24(12-19-17)11-16(25)21-14-4-2-3-5-15(14)23-6-8-27-9-7-23/h2-5,10,12H,6-9,11H2,1H3,(H,21,25). The van der Waals surface area contributed by atoms with Crippen LogP contribution in [0.5, 0.6) is 0 Å². The first-order chi connectivity index (χ1) is 13.1. The van der Waals surface area contributed by atoms with Crippen LogP contribution in [0.1, 0.15) is 0 Å². The first kappa shape index (κ1) is 17.2. The fourth-order valence-corrected chi connectivity index (χ4v) is 3.18. The minimum Gasteiger partial charge on any atom is -0.378 e. The van der Waals surface area contributed by atoms with Crippen LogP contribution in [-0.2, 0) is 23.1 Å². The summed E-state index contributed by atoms with van der Waals surface area (Å²) in [6.45, 7) is 2.75. The molecule has 1 saturated heterocycles. The maximum atomic E-state index is 12.5. The average molecular weight is 368 g/mol. The van der Waals surface area contributed by atoms with Crippen LogP contribution in [0.15, 0.2) is 41.6 Å². The summed E-state index contributed by atoms with van der Waals surface area (Å²) < 4.78 is 8.21. The summed E-state index contributed by atoms with van der Waals surface area (Å²) in [4.78, 5) is 31.4. The summed E-state index contributed by atoms with van der Waals surface area (Å²) in [5.74, 6) is -0.289. The van der Waals surface area contributed by atoms with E-state index < -0.39 is 0 Å². The van der Waals surface area contributed by atoms with E-state index in [1.54, 1.807) is 7.05 Å². The number of aromatic nitrogens is 4. The molecular weight excluding hydrogens is 348 g/mol. The molecule has 0 saturated carbocycles. The Labute approximate surface area is 155 Å². The van der Waals surface area contributed by atoms with Crippen molar-refractivity contribution in [2.45, 2.75) is 6.54 Å². The van der Waals surface area contributed by atoms with Gasteiger partial charge in [0.2, 0.25) is 5.91 Å². The minimum absolute atomic E-state index is 0.117. The quantitative estimate of drug-likeness (QED) is 0.725. The molecule has 9 heteroatoms. The van der Waals surface area contributed by atoms with Gasteiger partial charge in [0.15, 0.2) is 5.65 Å². The second kappa shape index (κ2) is 7.20. The number of ether oxygens (including phenoxy) is 1. The second-order valence-corrected chi connectivity index (χ2v) is 6.35. The molecule has 3 aromatic rings. The van der Waals surface area contributed by atoms with Crippen LogP contribution in [0.4, 0.5) is 11.4 Å². The number of benzene rings is 1. The molecule has 1 aliphatic heterocycles. The molecule has 1 aromatic carbocycles. The molecule has 27 heavy (non-hydrogen) atoms. The smallest absolute Gasteiger partial charge is 0.264 e. The van der Waals surface area contributed by atoms with Gasteiger partial charge in [-0.1, -0.05) is 12.1 Å². The van der Waals surface area contributed by atoms with Crippen molar-refractivity contribution in [1.29, 1.82) is 0 Å². The van der Waals surface area contributed by atoms with Crippen molar-refractivity contribution in [1.82, 2.24) is 19.3 Å². The van der Waals surface area contributed by atoms with E-state index in [-0.39, 0.29) is 18.0 Å². The lowest BCUT2D eigenvalue weighted by Gasteiger charge is -2.30. The van der Waals surface area contributed by atoms with E-state index in [1.807, 2.05) is 24.3 Å². The van der Waals surface area contributed by atoms with E-state index in [0.29, 0.717) is 29.9 Å². The number of rotatable bonds is 4. The largest absolute Gasteiger partial charge is 0.378 e. The van der Waals surface area contributed by atoms with Gasteiger partial charge in [-0.25, -0.2) is 4.98 Å². The molecular formula is C18H20N6O3. The van der Waals surface area contributed by atoms with Crippen LogP contribution < -0.4 is 15.8 Å². The molecule has 1 amide bonds. The number of anilines is 2. The maximum Gasteiger partial charge on any atom is 0.264 e. The van der Waals surface area contributed by atoms with E-state index >= 15 is 0 Å². The monoisotopic (exact) mass is 368 g/mol. The molecule has 1 fully saturated rings. The van der Waals surface area contributed by atoms with E-state index in [1.165, 1.54) is 21.8 Å². The number of hydrogen-bond acceptors (Lipinski definition) is 6. The van der Waals surface area contributed by atoms with Crippen molar-refractivity contribution >= 4 is 28.3 Å². The van der Waals surface area contributed by atoms with Crippen molar-refractivity contribution in [2.75, 3.05) is 36.5 Å². The highest BCUT2D eigenvalue weighted by Gasteiger charge is 2.16. The Morgan fingerprint density at radius 1 is 1.26 bits per heavy atom. The first-order valence-electron chi connectivity index (χ1n) is 8.72. The predicted molar refractivity (Wildman–Crippen MR) is 101 cm³/mol. The number of carbonyl (C=O) groups is 1. The fraction of sp³-hybridized carbons (Fsp3) is 0.333. The number of hydrogen-bond donors (Lipinski definition) is 1. The molecule has 0 bridgehead atoms. The van der Waals surface area contributed by atoms with E-state index in [4.69, 9.17) is 4.74 Å². The van der Waals surface area contributed by atoms with Crippen molar-refractivity contribution in [3.63, 3.8) is 0 Å². The van der Waals surface area contributed by atoms with Crippen molar-refractivity contribution < 1.29 is 9.53 Å². The van der Waals surface area contributed by atoms with Gasteiger partial charge in [-0.15, -0.1) is 0 Å². The number of nitrogens with one attached hydrogen (secondary N) is 1. The third-order valence-corrected chi connectivity index (χ3v) is 4.56. The molecule has 4 rings (SSSR count). The Morgan fingerprint density at radius 2 is 2.04 bits per heavy atom. The van der Waals surface area contributed by atoms with Gasteiger partial charge in [0.1, 0.15) is 18.3 Å². The Balaban J connectivity index is 1.53. The number of aryl methyl sites for hydroxylation is 1. The van der Waals surface area contributed by atoms with Crippen LogP contribution >= 0.6 is 0 Å². The van der Waals surface area contributed by atoms with Crippen LogP contribution in [-0.4, -0.2) is 51.5 Å². The zero-order valence-electron chi connectivity index (χ0n) is 15.0. The summed E-state index contributed by atoms with van der Waals surface area (Å²) in [5.41, 5.74) is 1.87. The summed E-state index contributed by atoms with van der Waals surface area (Å²) in [6, 6.07) is 7.63. The lowest BCUT2D eigenvalue weighted by Crippen LogP contribution is -2.37. The Hall–Kier alpha value is -3.20. The van der Waals surface area contributed by atoms with Gasteiger partial charge in [0.05, 0.1) is 30.8 Å². The molecule has 9 nitrogen and oxygen atoms in total. The first-order valence-corrected chi connectivity index (χ1v) is 8.72. The van der Waals surface area contributed by atoms with Gasteiger partial charge < -0.3 is 15.0 Å². The van der Waals surface area contributed by atoms with Crippen molar-refractivity contribution in [2.24, 2.45) is 7.05 Å². The lowest BCUT2D eigenvalue weighted by molar-refractivity contribution is -0.116. The van der Waals surface area contributed by atoms with Crippen molar-refractivity contribution in [3.05, 3.63) is 47.1 Å². The van der Waals surface area contributed by atoms with Crippen molar-refractivity contribution in [3.8, 4) is 0 Å². The topological polar surface area (TPSA) is 94.3 Å². The van der Waals surface area contributed by atoms with Gasteiger partial charge in [-0.05, 0) is 12.1 Å². The van der Waals surface area contributed by atoms with Crippen LogP contribution in [0.2, 0.25) is 0 Å². The molecule has 0 atom stereocenters. The molecule has 1 N–H and O–H groups in total. The second-order valence-electron chi connectivity index (χ2n) is 6.35. The zero-order valence-corrected chi connectivity index (χ0v) is 15.0. The van der Waals surface area contributed by atoms with Gasteiger partial charge in [-0.3, -0.25) is 18.8 Å². The highest BCUT2D eigenvalue weighted by Crippen LogP contribution is 2.26. The molecule has 140 valence electrons. The third-order valence-electron chi connectivity index (χ3n) is 4.56. The highest BCUT2D eigenvalue weighted by atomic mass is 16.5. The number of morpholine rings is 1. The molecule has 0 radical (unpaired) electrons. The number of amides is 1. The SMILES string of the molecule is Cn1ncc2c(=O)n(CC(=O)Nc3ccccc3N3CCOCC3)cnc21. The molecule has 3 heterocycles. The number of nitrogens with zero attached hydrogens (tertiary/aromatic N) is 5. The van der Waals surface area contributed by atoms with E-state index in [0.717, 1.165) is 18.8 Å². The zero-order chi connectivity index (χ0) is 18.8. The summed E-state index contributed by atoms with van der Waals surface area (Å²) in [5, 5.41) is 7.33. The maximum absolute atomic E-state index is 12.5. The van der Waals surface area contributed by atoms with E-state index in [2.05, 4.69) is 20.3 Å². The Bertz CT molecular complexity index is 1030. The molecule has 0 aliphatic carbocycles. The fourth-order valence-electron chi connectivity index (χ4n) is 3.18. The summed E-state index contributed by atoms with van der Waals surface area (Å²) in [6.07, 6.45) is 2.84. The minimum atomic E-state index is -0.289. The van der Waals surface area contributed by atoms with Crippen LogP contribution in [0.3, 0.4) is 0 Å². The van der Waals surface area contributed by atoms with Gasteiger partial charge in [0, 0.05) is 20.1 Å². The highest BCUT2D eigenvalue weighted by molar-refractivity contribution is 5.94. The Kier molecular flexibility index (Phi) is 4.59. The predicted octanol–water partition coefficient (Wildman–Crippen LogP) is 0.605. The number of para-hydroxylation sites is 2. The van der Waals surface area contributed by atoms with Gasteiger partial charge in [0.25, 0.3) is 5.56 Å². The van der Waals surface area contributed by atoms with E-state index in [9.17, 15) is 9.59 Å². The number of fused-ring (bicyclic) bond motifs is 1. The van der Waals surface area contributed by atoms with Crippen LogP contribution in [0.25, 0.3) is 11.0 Å². The molecule has 1 aliphatic rings. The normalized spacial score (nSPS) is 14.5. The number of carbonyl (C=O) groups excluding carboxylic acids is 1. The third kappa shape index (κ3) is 3.41. The van der Waals surface area contributed by atoms with Crippen LogP contribution in [0, 0.1) is 0 Å². The molecule has 0 unspecified atom stereocenters. The lowest BCUT2D eigenvalue weighted by atomic mass is 10.2. The molecule has 2 aromatic heterocycles. The van der Waals surface area contributed by atoms with Gasteiger partial charge in [-0.2, -0.15) is 5.10 Å². The molecule has 0 spiro atoms. The van der Waals surface area contributed by atoms with Gasteiger partial charge >= 0.3 is 0 Å². The Morgan fingerprint density at radius 3 is 2.85 bits per heavy atom. The summed E-state index contributed by atoms with van der Waals surface area (Å²) in [7, 11) is 1.72. The average Bonchev–Trinajstić information content (AvgIpc) is 3.07. The summed E-state index contributed by atoms with van der Waals surface area (Å²) >= 11 is 0.